The summed E-state index contributed by atoms with van der Waals surface area (Å²) in [6, 6.07) is 4.37. The Morgan fingerprint density at radius 2 is 2.28 bits per heavy atom. The standard InChI is InChI=1S/C14H19ClFNO/c15-14-5-4-11(16)7-10(14)8-12(17)9-13-3-1-2-6-18-13/h4-5,7,12-13H,1-3,6,8-9,17H2. The molecule has 18 heavy (non-hydrogen) atoms. The quantitative estimate of drug-likeness (QED) is 0.912. The molecule has 1 aliphatic heterocycles. The molecule has 1 fully saturated rings. The van der Waals surface area contributed by atoms with Gasteiger partial charge >= 0.3 is 0 Å². The highest BCUT2D eigenvalue weighted by Gasteiger charge is 2.18. The molecule has 0 radical (unpaired) electrons. The van der Waals surface area contributed by atoms with E-state index in [-0.39, 0.29) is 18.0 Å². The van der Waals surface area contributed by atoms with Crippen LogP contribution in [0.2, 0.25) is 5.02 Å². The Morgan fingerprint density at radius 1 is 1.44 bits per heavy atom. The van der Waals surface area contributed by atoms with Crippen LogP contribution in [-0.2, 0) is 11.2 Å². The largest absolute Gasteiger partial charge is 0.378 e. The van der Waals surface area contributed by atoms with E-state index >= 15 is 0 Å². The van der Waals surface area contributed by atoms with Crippen LogP contribution in [0, 0.1) is 5.82 Å². The molecule has 100 valence electrons. The van der Waals surface area contributed by atoms with Crippen LogP contribution in [0.5, 0.6) is 0 Å². The van der Waals surface area contributed by atoms with E-state index in [1.165, 1.54) is 18.6 Å². The maximum atomic E-state index is 13.1. The molecule has 2 rings (SSSR count). The second kappa shape index (κ2) is 6.50. The van der Waals surface area contributed by atoms with Crippen molar-refractivity contribution in [1.29, 1.82) is 0 Å². The Kier molecular flexibility index (Phi) is 4.98. The summed E-state index contributed by atoms with van der Waals surface area (Å²) in [6.45, 7) is 0.831. The summed E-state index contributed by atoms with van der Waals surface area (Å²) in [4.78, 5) is 0. The Bertz CT molecular complexity index is 393. The van der Waals surface area contributed by atoms with Gasteiger partial charge in [-0.2, -0.15) is 0 Å². The molecule has 2 nitrogen and oxygen atoms in total. The van der Waals surface area contributed by atoms with Crippen molar-refractivity contribution >= 4 is 11.6 Å². The lowest BCUT2D eigenvalue weighted by Gasteiger charge is -2.25. The topological polar surface area (TPSA) is 35.2 Å². The minimum atomic E-state index is -0.268. The first kappa shape index (κ1) is 13.8. The molecule has 1 aromatic rings. The fourth-order valence-corrected chi connectivity index (χ4v) is 2.59. The Morgan fingerprint density at radius 3 is 3.00 bits per heavy atom. The van der Waals surface area contributed by atoms with Gasteiger partial charge in [0.25, 0.3) is 0 Å². The number of halogens is 2. The van der Waals surface area contributed by atoms with Crippen molar-refractivity contribution in [2.75, 3.05) is 6.61 Å². The van der Waals surface area contributed by atoms with E-state index in [2.05, 4.69) is 0 Å². The second-order valence-corrected chi connectivity index (χ2v) is 5.33. The molecule has 0 aromatic heterocycles. The summed E-state index contributed by atoms with van der Waals surface area (Å²) in [6.07, 6.45) is 5.08. The van der Waals surface area contributed by atoms with E-state index in [4.69, 9.17) is 22.1 Å². The maximum Gasteiger partial charge on any atom is 0.123 e. The summed E-state index contributed by atoms with van der Waals surface area (Å²) in [7, 11) is 0. The zero-order valence-corrected chi connectivity index (χ0v) is 11.1. The zero-order chi connectivity index (χ0) is 13.0. The third kappa shape index (κ3) is 3.94. The van der Waals surface area contributed by atoms with E-state index in [9.17, 15) is 4.39 Å². The van der Waals surface area contributed by atoms with Crippen molar-refractivity contribution < 1.29 is 9.13 Å². The van der Waals surface area contributed by atoms with Gasteiger partial charge in [0.2, 0.25) is 0 Å². The lowest BCUT2D eigenvalue weighted by Crippen LogP contribution is -2.31. The third-order valence-corrected chi connectivity index (χ3v) is 3.70. The monoisotopic (exact) mass is 271 g/mol. The Labute approximate surface area is 112 Å². The van der Waals surface area contributed by atoms with E-state index in [0.717, 1.165) is 31.4 Å². The summed E-state index contributed by atoms with van der Waals surface area (Å²) < 4.78 is 18.8. The molecule has 2 N–H and O–H groups in total. The number of hydrogen-bond acceptors (Lipinski definition) is 2. The normalized spacial score (nSPS) is 21.8. The van der Waals surface area contributed by atoms with Gasteiger partial charge in [-0.1, -0.05) is 11.6 Å². The number of rotatable bonds is 4. The van der Waals surface area contributed by atoms with Crippen LogP contribution in [0.1, 0.15) is 31.2 Å². The summed E-state index contributed by atoms with van der Waals surface area (Å²) >= 11 is 6.03. The van der Waals surface area contributed by atoms with Gasteiger partial charge in [-0.25, -0.2) is 4.39 Å². The minimum absolute atomic E-state index is 0.0348. The molecule has 2 unspecified atom stereocenters. The summed E-state index contributed by atoms with van der Waals surface area (Å²) in [5.74, 6) is -0.268. The predicted molar refractivity (Wildman–Crippen MR) is 71.3 cm³/mol. The molecule has 1 heterocycles. The second-order valence-electron chi connectivity index (χ2n) is 4.92. The highest BCUT2D eigenvalue weighted by molar-refractivity contribution is 6.31. The zero-order valence-electron chi connectivity index (χ0n) is 10.4. The van der Waals surface area contributed by atoms with Crippen molar-refractivity contribution in [2.24, 2.45) is 5.73 Å². The van der Waals surface area contributed by atoms with Gasteiger partial charge in [0.05, 0.1) is 6.10 Å². The number of ether oxygens (including phenoxy) is 1. The first-order valence-corrected chi connectivity index (χ1v) is 6.84. The van der Waals surface area contributed by atoms with Crippen molar-refractivity contribution in [3.05, 3.63) is 34.6 Å². The molecule has 2 atom stereocenters. The molecular weight excluding hydrogens is 253 g/mol. The Hall–Kier alpha value is -0.640. The van der Waals surface area contributed by atoms with Crippen molar-refractivity contribution in [3.63, 3.8) is 0 Å². The average Bonchev–Trinajstić information content (AvgIpc) is 2.35. The third-order valence-electron chi connectivity index (χ3n) is 3.33. The molecule has 1 saturated heterocycles. The maximum absolute atomic E-state index is 13.1. The van der Waals surface area contributed by atoms with Gasteiger partial charge in [-0.3, -0.25) is 0 Å². The van der Waals surface area contributed by atoms with Gasteiger partial charge in [-0.05, 0) is 55.9 Å². The van der Waals surface area contributed by atoms with Crippen LogP contribution >= 0.6 is 11.6 Å². The van der Waals surface area contributed by atoms with Gasteiger partial charge in [0.15, 0.2) is 0 Å². The molecule has 4 heteroatoms. The van der Waals surface area contributed by atoms with E-state index < -0.39 is 0 Å². The van der Waals surface area contributed by atoms with Gasteiger partial charge in [0.1, 0.15) is 5.82 Å². The number of nitrogens with two attached hydrogens (primary N) is 1. The van der Waals surface area contributed by atoms with Crippen molar-refractivity contribution in [1.82, 2.24) is 0 Å². The van der Waals surface area contributed by atoms with Crippen LogP contribution in [0.4, 0.5) is 4.39 Å². The van der Waals surface area contributed by atoms with Crippen LogP contribution in [0.25, 0.3) is 0 Å². The molecule has 0 bridgehead atoms. The van der Waals surface area contributed by atoms with Crippen LogP contribution < -0.4 is 5.73 Å². The minimum Gasteiger partial charge on any atom is -0.378 e. The fraction of sp³-hybridized carbons (Fsp3) is 0.571. The van der Waals surface area contributed by atoms with Crippen molar-refractivity contribution in [2.45, 2.75) is 44.2 Å². The number of benzene rings is 1. The summed E-state index contributed by atoms with van der Waals surface area (Å²) in [5, 5.41) is 0.580. The molecule has 0 saturated carbocycles. The van der Waals surface area contributed by atoms with Crippen molar-refractivity contribution in [3.8, 4) is 0 Å². The first-order valence-electron chi connectivity index (χ1n) is 6.46. The van der Waals surface area contributed by atoms with Crippen LogP contribution in [0.3, 0.4) is 0 Å². The molecular formula is C14H19ClFNO. The van der Waals surface area contributed by atoms with Crippen LogP contribution in [0.15, 0.2) is 18.2 Å². The highest BCUT2D eigenvalue weighted by atomic mass is 35.5. The van der Waals surface area contributed by atoms with E-state index in [1.54, 1.807) is 6.07 Å². The molecule has 0 aliphatic carbocycles. The lowest BCUT2D eigenvalue weighted by atomic mass is 9.97. The molecule has 1 aliphatic rings. The lowest BCUT2D eigenvalue weighted by molar-refractivity contribution is 0.00747. The average molecular weight is 272 g/mol. The number of hydrogen-bond donors (Lipinski definition) is 1. The molecule has 0 spiro atoms. The highest BCUT2D eigenvalue weighted by Crippen LogP contribution is 2.21. The molecule has 1 aromatic carbocycles. The SMILES string of the molecule is NC(Cc1cc(F)ccc1Cl)CC1CCCCO1. The van der Waals surface area contributed by atoms with Gasteiger partial charge in [0, 0.05) is 17.7 Å². The van der Waals surface area contributed by atoms with Gasteiger partial charge < -0.3 is 10.5 Å². The summed E-state index contributed by atoms with van der Waals surface area (Å²) in [5.41, 5.74) is 6.87. The fourth-order valence-electron chi connectivity index (χ4n) is 2.40. The van der Waals surface area contributed by atoms with Crippen LogP contribution in [-0.4, -0.2) is 18.8 Å². The van der Waals surface area contributed by atoms with E-state index in [0.29, 0.717) is 11.4 Å². The smallest absolute Gasteiger partial charge is 0.123 e. The predicted octanol–water partition coefficient (Wildman–Crippen LogP) is 3.31. The van der Waals surface area contributed by atoms with Gasteiger partial charge in [-0.15, -0.1) is 0 Å². The molecule has 0 amide bonds. The van der Waals surface area contributed by atoms with E-state index in [1.807, 2.05) is 0 Å². The first-order chi connectivity index (χ1) is 8.65. The Balaban J connectivity index is 1.89.